The van der Waals surface area contributed by atoms with Gasteiger partial charge in [-0.2, -0.15) is 5.10 Å². The Balaban J connectivity index is 2.38. The summed E-state index contributed by atoms with van der Waals surface area (Å²) in [5.74, 6) is -0.0647. The number of aromatic nitrogens is 2. The zero-order valence-corrected chi connectivity index (χ0v) is 11.5. The van der Waals surface area contributed by atoms with E-state index in [9.17, 15) is 4.79 Å². The molecule has 0 atom stereocenters. The molecule has 1 aromatic heterocycles. The van der Waals surface area contributed by atoms with Crippen LogP contribution in [0.15, 0.2) is 12.4 Å². The molecule has 0 fully saturated rings. The van der Waals surface area contributed by atoms with Crippen LogP contribution in [0.3, 0.4) is 0 Å². The summed E-state index contributed by atoms with van der Waals surface area (Å²) in [6.07, 6.45) is 4.42. The highest BCUT2D eigenvalue weighted by molar-refractivity contribution is 5.75. The molecule has 1 rings (SSSR count). The van der Waals surface area contributed by atoms with Gasteiger partial charge in [0.05, 0.1) is 17.5 Å². The fourth-order valence-corrected chi connectivity index (χ4v) is 1.38. The van der Waals surface area contributed by atoms with Crippen LogP contribution in [0, 0.1) is 0 Å². The van der Waals surface area contributed by atoms with Crippen molar-refractivity contribution in [1.29, 1.82) is 0 Å². The first-order valence-electron chi connectivity index (χ1n) is 5.99. The van der Waals surface area contributed by atoms with Crippen molar-refractivity contribution in [3.63, 3.8) is 0 Å². The van der Waals surface area contributed by atoms with Gasteiger partial charge in [-0.1, -0.05) is 0 Å². The van der Waals surface area contributed by atoms with Crippen LogP contribution in [-0.2, 0) is 16.1 Å². The van der Waals surface area contributed by atoms with Gasteiger partial charge in [0.2, 0.25) is 5.91 Å². The summed E-state index contributed by atoms with van der Waals surface area (Å²) in [7, 11) is 3.32. The number of ether oxygens (including phenoxy) is 1. The normalized spacial score (nSPS) is 11.3. The van der Waals surface area contributed by atoms with Crippen molar-refractivity contribution < 1.29 is 9.53 Å². The molecule has 0 spiro atoms. The second-order valence-electron chi connectivity index (χ2n) is 4.74. The second-order valence-corrected chi connectivity index (χ2v) is 4.74. The van der Waals surface area contributed by atoms with E-state index < -0.39 is 0 Å². The van der Waals surface area contributed by atoms with E-state index in [0.29, 0.717) is 0 Å². The van der Waals surface area contributed by atoms with Crippen molar-refractivity contribution in [1.82, 2.24) is 15.1 Å². The summed E-state index contributed by atoms with van der Waals surface area (Å²) < 4.78 is 6.93. The molecule has 6 heteroatoms. The molecule has 0 aromatic carbocycles. The lowest BCUT2D eigenvalue weighted by atomic mass is 10.1. The van der Waals surface area contributed by atoms with E-state index in [4.69, 9.17) is 4.74 Å². The fraction of sp³-hybridized carbons (Fsp3) is 0.667. The van der Waals surface area contributed by atoms with E-state index in [1.54, 1.807) is 25.0 Å². The molecule has 102 valence electrons. The van der Waals surface area contributed by atoms with E-state index >= 15 is 0 Å². The average molecular weight is 254 g/mol. The van der Waals surface area contributed by atoms with Gasteiger partial charge < -0.3 is 15.4 Å². The van der Waals surface area contributed by atoms with Crippen LogP contribution in [0.4, 0.5) is 5.69 Å². The largest absolute Gasteiger partial charge is 0.382 e. The Labute approximate surface area is 108 Å². The molecule has 0 saturated heterocycles. The van der Waals surface area contributed by atoms with Crippen molar-refractivity contribution in [2.24, 2.45) is 0 Å². The smallest absolute Gasteiger partial charge is 0.241 e. The topological polar surface area (TPSA) is 68.2 Å². The predicted molar refractivity (Wildman–Crippen MR) is 70.5 cm³/mol. The van der Waals surface area contributed by atoms with Crippen LogP contribution in [0.1, 0.15) is 20.3 Å². The standard InChI is InChI=1S/C12H22N4O2/c1-12(2,18-4)5-6-14-10-7-15-16(8-10)9-11(17)13-3/h7-8,14H,5-6,9H2,1-4H3,(H,13,17). The Morgan fingerprint density at radius 3 is 2.89 bits per heavy atom. The SMILES string of the molecule is CNC(=O)Cn1cc(NCCC(C)(C)OC)cn1. The number of methoxy groups -OCH3 is 1. The summed E-state index contributed by atoms with van der Waals surface area (Å²) in [5.41, 5.74) is 0.774. The van der Waals surface area contributed by atoms with E-state index in [1.165, 1.54) is 0 Å². The third-order valence-electron chi connectivity index (χ3n) is 2.83. The van der Waals surface area contributed by atoms with Gasteiger partial charge in [0.1, 0.15) is 6.54 Å². The first-order chi connectivity index (χ1) is 8.46. The maximum Gasteiger partial charge on any atom is 0.241 e. The van der Waals surface area contributed by atoms with Crippen LogP contribution in [-0.4, -0.2) is 42.0 Å². The number of carbonyl (C=O) groups is 1. The minimum absolute atomic E-state index is 0.0647. The molecule has 6 nitrogen and oxygen atoms in total. The zero-order valence-electron chi connectivity index (χ0n) is 11.5. The highest BCUT2D eigenvalue weighted by Gasteiger charge is 2.15. The van der Waals surface area contributed by atoms with Crippen LogP contribution in [0.25, 0.3) is 0 Å². The monoisotopic (exact) mass is 254 g/mol. The van der Waals surface area contributed by atoms with Gasteiger partial charge in [0.15, 0.2) is 0 Å². The van der Waals surface area contributed by atoms with Crippen molar-refractivity contribution in [3.05, 3.63) is 12.4 Å². The molecule has 1 amide bonds. The first-order valence-corrected chi connectivity index (χ1v) is 5.99. The summed E-state index contributed by atoms with van der Waals surface area (Å²) in [4.78, 5) is 11.2. The van der Waals surface area contributed by atoms with Crippen LogP contribution in [0.2, 0.25) is 0 Å². The molecule has 0 radical (unpaired) electrons. The molecule has 0 bridgehead atoms. The number of nitrogens with one attached hydrogen (secondary N) is 2. The zero-order chi connectivity index (χ0) is 13.6. The first kappa shape index (κ1) is 14.5. The Morgan fingerprint density at radius 1 is 1.56 bits per heavy atom. The molecular formula is C12H22N4O2. The number of nitrogens with zero attached hydrogens (tertiary/aromatic N) is 2. The molecule has 0 aliphatic carbocycles. The third kappa shape index (κ3) is 4.75. The minimum Gasteiger partial charge on any atom is -0.382 e. The van der Waals surface area contributed by atoms with Gasteiger partial charge in [-0.3, -0.25) is 9.48 Å². The van der Waals surface area contributed by atoms with Gasteiger partial charge >= 0.3 is 0 Å². The summed E-state index contributed by atoms with van der Waals surface area (Å²) >= 11 is 0. The Hall–Kier alpha value is -1.56. The fourth-order valence-electron chi connectivity index (χ4n) is 1.38. The van der Waals surface area contributed by atoms with Gasteiger partial charge in [-0.05, 0) is 20.3 Å². The highest BCUT2D eigenvalue weighted by atomic mass is 16.5. The van der Waals surface area contributed by atoms with Gasteiger partial charge in [0, 0.05) is 26.9 Å². The molecule has 0 aliphatic rings. The van der Waals surface area contributed by atoms with Crippen molar-refractivity contribution in [3.8, 4) is 0 Å². The third-order valence-corrected chi connectivity index (χ3v) is 2.83. The molecule has 0 aliphatic heterocycles. The van der Waals surface area contributed by atoms with E-state index in [-0.39, 0.29) is 18.1 Å². The summed E-state index contributed by atoms with van der Waals surface area (Å²) in [6, 6.07) is 0. The molecule has 1 aromatic rings. The lowest BCUT2D eigenvalue weighted by molar-refractivity contribution is -0.121. The minimum atomic E-state index is -0.134. The van der Waals surface area contributed by atoms with Gasteiger partial charge in [-0.15, -0.1) is 0 Å². The summed E-state index contributed by atoms with van der Waals surface area (Å²) in [5, 5.41) is 9.91. The maximum atomic E-state index is 11.2. The van der Waals surface area contributed by atoms with Crippen LogP contribution in [0.5, 0.6) is 0 Å². The number of likely N-dealkylation sites (N-methyl/N-ethyl adjacent to an activating group) is 1. The molecule has 18 heavy (non-hydrogen) atoms. The van der Waals surface area contributed by atoms with Gasteiger partial charge in [0.25, 0.3) is 0 Å². The van der Waals surface area contributed by atoms with E-state index in [2.05, 4.69) is 15.7 Å². The number of amides is 1. The van der Waals surface area contributed by atoms with Gasteiger partial charge in [-0.25, -0.2) is 0 Å². The highest BCUT2D eigenvalue weighted by Crippen LogP contribution is 2.13. The number of hydrogen-bond acceptors (Lipinski definition) is 4. The second kappa shape index (κ2) is 6.39. The maximum absolute atomic E-state index is 11.2. The predicted octanol–water partition coefficient (Wildman–Crippen LogP) is 0.856. The molecule has 0 saturated carbocycles. The molecule has 0 unspecified atom stereocenters. The Morgan fingerprint density at radius 2 is 2.28 bits per heavy atom. The molecular weight excluding hydrogens is 232 g/mol. The number of carbonyl (C=O) groups excluding carboxylic acids is 1. The average Bonchev–Trinajstić information content (AvgIpc) is 2.76. The molecule has 1 heterocycles. The van der Waals surface area contributed by atoms with Crippen LogP contribution < -0.4 is 10.6 Å². The summed E-state index contributed by atoms with van der Waals surface area (Å²) in [6.45, 7) is 5.13. The molecule has 2 N–H and O–H groups in total. The Bertz CT molecular complexity index is 387. The number of anilines is 1. The van der Waals surface area contributed by atoms with Crippen molar-refractivity contribution in [2.45, 2.75) is 32.4 Å². The lowest BCUT2D eigenvalue weighted by Crippen LogP contribution is -2.25. The quantitative estimate of drug-likeness (QED) is 0.757. The van der Waals surface area contributed by atoms with Crippen molar-refractivity contribution >= 4 is 11.6 Å². The Kier molecular flexibility index (Phi) is 5.15. The van der Waals surface area contributed by atoms with Crippen molar-refractivity contribution in [2.75, 3.05) is 26.0 Å². The number of rotatable bonds is 7. The lowest BCUT2D eigenvalue weighted by Gasteiger charge is -2.22. The van der Waals surface area contributed by atoms with E-state index in [1.807, 2.05) is 20.0 Å². The van der Waals surface area contributed by atoms with Crippen LogP contribution >= 0.6 is 0 Å². The van der Waals surface area contributed by atoms with E-state index in [0.717, 1.165) is 18.7 Å². The number of hydrogen-bond donors (Lipinski definition) is 2.